The van der Waals surface area contributed by atoms with E-state index in [2.05, 4.69) is 39.1 Å². The Hall–Kier alpha value is -5.22. The maximum atomic E-state index is 13.7. The van der Waals surface area contributed by atoms with Crippen molar-refractivity contribution in [1.82, 2.24) is 19.6 Å². The molecular weight excluding hydrogens is 612 g/mol. The number of fused-ring (bicyclic) bond motifs is 7. The highest BCUT2D eigenvalue weighted by atomic mass is 79.9. The number of benzene rings is 4. The van der Waals surface area contributed by atoms with Crippen LogP contribution in [0, 0.1) is 0 Å². The molecule has 1 aliphatic rings. The van der Waals surface area contributed by atoms with Crippen LogP contribution in [0.4, 0.5) is 0 Å². The Labute approximate surface area is 252 Å². The van der Waals surface area contributed by atoms with Crippen molar-refractivity contribution in [3.63, 3.8) is 0 Å². The van der Waals surface area contributed by atoms with Gasteiger partial charge in [-0.2, -0.15) is 0 Å². The molecule has 4 heterocycles. The van der Waals surface area contributed by atoms with Gasteiger partial charge in [0.25, 0.3) is 0 Å². The summed E-state index contributed by atoms with van der Waals surface area (Å²) < 4.78 is 25.7. The first-order chi connectivity index (χ1) is 21.0. The molecule has 0 saturated heterocycles. The minimum absolute atomic E-state index is 0.323. The van der Waals surface area contributed by atoms with Gasteiger partial charge in [-0.05, 0) is 62.6 Å². The van der Waals surface area contributed by atoms with Gasteiger partial charge in [0.2, 0.25) is 5.88 Å². The number of ether oxygens (including phenoxy) is 3. The lowest BCUT2D eigenvalue weighted by Gasteiger charge is -2.28. The van der Waals surface area contributed by atoms with Gasteiger partial charge in [0.15, 0.2) is 28.7 Å². The second-order valence-corrected chi connectivity index (χ2v) is 11.0. The van der Waals surface area contributed by atoms with Crippen LogP contribution in [-0.4, -0.2) is 33.8 Å². The highest BCUT2D eigenvalue weighted by Crippen LogP contribution is 2.51. The number of rotatable bonds is 4. The van der Waals surface area contributed by atoms with E-state index in [-0.39, 0.29) is 0 Å². The van der Waals surface area contributed by atoms with Gasteiger partial charge in [0.05, 0.1) is 41.1 Å². The van der Waals surface area contributed by atoms with Crippen molar-refractivity contribution in [1.29, 1.82) is 0 Å². The normalized spacial score (nSPS) is 14.0. The molecule has 0 spiro atoms. The summed E-state index contributed by atoms with van der Waals surface area (Å²) >= 11 is 3.62. The molecule has 10 heteroatoms. The summed E-state index contributed by atoms with van der Waals surface area (Å²) in [6.07, 6.45) is 1.58. The first kappa shape index (κ1) is 25.5. The highest BCUT2D eigenvalue weighted by molar-refractivity contribution is 9.10. The van der Waals surface area contributed by atoms with E-state index in [0.29, 0.717) is 61.2 Å². The SMILES string of the molecule is COc1cc(C2c3c(c4ccccc4oc3=O)Oc3ncn4nc(-c5ccc6ccccc6c5)nc4c32)cc(Br)c1OC. The van der Waals surface area contributed by atoms with E-state index in [4.69, 9.17) is 28.7 Å². The third-order valence-corrected chi connectivity index (χ3v) is 8.35. The third kappa shape index (κ3) is 3.90. The Morgan fingerprint density at radius 1 is 0.907 bits per heavy atom. The molecule has 1 atom stereocenters. The average Bonchev–Trinajstić information content (AvgIpc) is 3.48. The molecule has 1 unspecified atom stereocenters. The molecule has 9 nitrogen and oxygen atoms in total. The molecule has 0 N–H and O–H groups in total. The quantitative estimate of drug-likeness (QED) is 0.189. The van der Waals surface area contributed by atoms with Crippen LogP contribution in [0.2, 0.25) is 0 Å². The predicted molar refractivity (Wildman–Crippen MR) is 164 cm³/mol. The molecule has 8 rings (SSSR count). The zero-order valence-corrected chi connectivity index (χ0v) is 24.5. The zero-order valence-electron chi connectivity index (χ0n) is 22.9. The Morgan fingerprint density at radius 2 is 1.72 bits per heavy atom. The lowest BCUT2D eigenvalue weighted by atomic mass is 9.84. The number of methoxy groups -OCH3 is 2. The van der Waals surface area contributed by atoms with Gasteiger partial charge in [-0.15, -0.1) is 5.10 Å². The number of aromatic nitrogens is 4. The molecular formula is C33H21BrN4O5. The Balaban J connectivity index is 1.42. The van der Waals surface area contributed by atoms with Crippen LogP contribution in [0.1, 0.15) is 22.6 Å². The van der Waals surface area contributed by atoms with E-state index in [0.717, 1.165) is 21.9 Å². The van der Waals surface area contributed by atoms with Gasteiger partial charge in [0.1, 0.15) is 11.9 Å². The van der Waals surface area contributed by atoms with E-state index in [1.165, 1.54) is 0 Å². The molecule has 0 amide bonds. The molecule has 0 saturated carbocycles. The van der Waals surface area contributed by atoms with Gasteiger partial charge >= 0.3 is 5.63 Å². The molecule has 3 aromatic heterocycles. The van der Waals surface area contributed by atoms with Gasteiger partial charge < -0.3 is 18.6 Å². The molecule has 0 fully saturated rings. The van der Waals surface area contributed by atoms with Crippen molar-refractivity contribution in [2.75, 3.05) is 14.2 Å². The van der Waals surface area contributed by atoms with Crippen molar-refractivity contribution in [2.24, 2.45) is 0 Å². The van der Waals surface area contributed by atoms with Gasteiger partial charge in [0, 0.05) is 5.56 Å². The van der Waals surface area contributed by atoms with Crippen LogP contribution < -0.4 is 19.8 Å². The number of para-hydroxylation sites is 1. The molecule has 7 aromatic rings. The summed E-state index contributed by atoms with van der Waals surface area (Å²) in [4.78, 5) is 23.4. The third-order valence-electron chi connectivity index (χ3n) is 7.76. The number of hydrogen-bond donors (Lipinski definition) is 0. The maximum absolute atomic E-state index is 13.7. The largest absolute Gasteiger partial charge is 0.493 e. The van der Waals surface area contributed by atoms with Crippen LogP contribution in [0.5, 0.6) is 23.1 Å². The van der Waals surface area contributed by atoms with Crippen LogP contribution >= 0.6 is 15.9 Å². The first-order valence-corrected chi connectivity index (χ1v) is 14.2. The predicted octanol–water partition coefficient (Wildman–Crippen LogP) is 7.12. The van der Waals surface area contributed by atoms with Crippen molar-refractivity contribution in [3.05, 3.63) is 117 Å². The number of nitrogens with zero attached hydrogens (tertiary/aromatic N) is 4. The van der Waals surface area contributed by atoms with Crippen LogP contribution in [0.25, 0.3) is 38.8 Å². The fourth-order valence-electron chi connectivity index (χ4n) is 5.82. The van der Waals surface area contributed by atoms with Crippen molar-refractivity contribution < 1.29 is 18.6 Å². The lowest BCUT2D eigenvalue weighted by molar-refractivity contribution is 0.352. The molecule has 0 aliphatic carbocycles. The van der Waals surface area contributed by atoms with E-state index in [9.17, 15) is 4.79 Å². The molecule has 4 aromatic carbocycles. The Kier molecular flexibility index (Phi) is 5.73. The second-order valence-electron chi connectivity index (χ2n) is 10.1. The Bertz CT molecular complexity index is 2310. The van der Waals surface area contributed by atoms with Crippen molar-refractivity contribution >= 4 is 43.3 Å². The zero-order chi connectivity index (χ0) is 29.2. The molecule has 210 valence electrons. The fraction of sp³-hybridized carbons (Fsp3) is 0.0909. The summed E-state index contributed by atoms with van der Waals surface area (Å²) in [5.74, 6) is 1.57. The van der Waals surface area contributed by atoms with E-state index < -0.39 is 11.5 Å². The van der Waals surface area contributed by atoms with Crippen molar-refractivity contribution in [3.8, 4) is 34.5 Å². The molecule has 0 radical (unpaired) electrons. The number of halogens is 1. The van der Waals surface area contributed by atoms with Crippen LogP contribution in [0.3, 0.4) is 0 Å². The van der Waals surface area contributed by atoms with Gasteiger partial charge in [-0.1, -0.05) is 48.5 Å². The summed E-state index contributed by atoms with van der Waals surface area (Å²) in [6.45, 7) is 0. The average molecular weight is 633 g/mol. The number of hydrogen-bond acceptors (Lipinski definition) is 8. The van der Waals surface area contributed by atoms with Gasteiger partial charge in [-0.25, -0.2) is 19.3 Å². The summed E-state index contributed by atoms with van der Waals surface area (Å²) in [6, 6.07) is 25.2. The summed E-state index contributed by atoms with van der Waals surface area (Å²) in [7, 11) is 3.13. The van der Waals surface area contributed by atoms with E-state index in [1.807, 2.05) is 54.6 Å². The second kappa shape index (κ2) is 9.67. The standard InChI is InChI=1S/C33H21BrN4O5/c1-40-24-15-20(14-22(34)29(24)41-2)25-26-28(21-9-5-6-10-23(21)42-33(26)39)43-32-27(25)31-36-30(37-38(31)16-35-32)19-12-11-17-7-3-4-8-18(17)13-19/h3-16,25H,1-2H3. The van der Waals surface area contributed by atoms with Crippen molar-refractivity contribution in [2.45, 2.75) is 5.92 Å². The smallest absolute Gasteiger partial charge is 0.344 e. The van der Waals surface area contributed by atoms with Gasteiger partial charge in [-0.3, -0.25) is 0 Å². The van der Waals surface area contributed by atoms with Crippen LogP contribution in [-0.2, 0) is 0 Å². The highest BCUT2D eigenvalue weighted by Gasteiger charge is 2.38. The summed E-state index contributed by atoms with van der Waals surface area (Å²) in [5.41, 5.74) is 2.89. The molecule has 0 bridgehead atoms. The summed E-state index contributed by atoms with van der Waals surface area (Å²) in [5, 5.41) is 7.62. The topological polar surface area (TPSA) is 101 Å². The lowest BCUT2D eigenvalue weighted by Crippen LogP contribution is -2.22. The minimum atomic E-state index is -0.680. The maximum Gasteiger partial charge on any atom is 0.344 e. The fourth-order valence-corrected chi connectivity index (χ4v) is 6.44. The van der Waals surface area contributed by atoms with E-state index in [1.54, 1.807) is 31.1 Å². The first-order valence-electron chi connectivity index (χ1n) is 13.4. The van der Waals surface area contributed by atoms with Crippen LogP contribution in [0.15, 0.2) is 98.9 Å². The Morgan fingerprint density at radius 3 is 2.56 bits per heavy atom. The monoisotopic (exact) mass is 632 g/mol. The molecule has 1 aliphatic heterocycles. The van der Waals surface area contributed by atoms with E-state index >= 15 is 0 Å². The molecule has 43 heavy (non-hydrogen) atoms. The minimum Gasteiger partial charge on any atom is -0.493 e.